The van der Waals surface area contributed by atoms with Crippen LogP contribution in [0.1, 0.15) is 58.7 Å². The lowest BCUT2D eigenvalue weighted by molar-refractivity contribution is 0.468. The van der Waals surface area contributed by atoms with Gasteiger partial charge >= 0.3 is 0 Å². The van der Waals surface area contributed by atoms with Crippen LogP contribution in [0, 0.1) is 13.8 Å². The molecule has 0 aliphatic heterocycles. The largest absolute Gasteiger partial charge is 0.508 e. The molecule has 4 rings (SSSR count). The van der Waals surface area contributed by atoms with Crippen LogP contribution >= 0.6 is 15.9 Å². The molecule has 3 nitrogen and oxygen atoms in total. The van der Waals surface area contributed by atoms with Gasteiger partial charge in [-0.15, -0.1) is 0 Å². The van der Waals surface area contributed by atoms with Gasteiger partial charge < -0.3 is 5.11 Å². The molecule has 3 aromatic carbocycles. The molecule has 4 aromatic rings. The number of aromatic hydroxyl groups is 1. The molecule has 0 fully saturated rings. The fourth-order valence-electron chi connectivity index (χ4n) is 4.88. The van der Waals surface area contributed by atoms with Crippen LogP contribution in [-0.2, 0) is 12.8 Å². The maximum Gasteiger partial charge on any atom is 0.120 e. The van der Waals surface area contributed by atoms with E-state index >= 15 is 0 Å². The Balaban J connectivity index is 2.14. The van der Waals surface area contributed by atoms with E-state index in [-0.39, 0.29) is 5.92 Å². The number of nitrogens with zero attached hydrogens (tertiary/aromatic N) is 1. The van der Waals surface area contributed by atoms with Crippen molar-refractivity contribution in [3.8, 4) is 5.75 Å². The zero-order valence-electron chi connectivity index (χ0n) is 17.9. The molecule has 0 aliphatic rings. The maximum atomic E-state index is 11.1. The van der Waals surface area contributed by atoms with Crippen LogP contribution in [-0.4, -0.2) is 15.3 Å². The minimum atomic E-state index is -0.112. The summed E-state index contributed by atoms with van der Waals surface area (Å²) in [5, 5.41) is 20.5. The molecule has 154 valence electrons. The number of hydrogen-bond acceptors (Lipinski definition) is 2. The number of aromatic nitrogens is 2. The molecule has 1 atom stereocenters. The molecule has 2 N–H and O–H groups in total. The Bertz CT molecular complexity index is 1180. The third kappa shape index (κ3) is 3.24. The number of halogens is 1. The van der Waals surface area contributed by atoms with Crippen molar-refractivity contribution in [2.75, 3.05) is 0 Å². The van der Waals surface area contributed by atoms with E-state index in [2.05, 4.69) is 66.0 Å². The van der Waals surface area contributed by atoms with Crippen LogP contribution < -0.4 is 0 Å². The van der Waals surface area contributed by atoms with Crippen LogP contribution in [0.3, 0.4) is 0 Å². The number of phenolic OH excluding ortho intramolecular Hbond substituents is 1. The Morgan fingerprint density at radius 3 is 2.23 bits per heavy atom. The van der Waals surface area contributed by atoms with E-state index in [1.165, 1.54) is 32.3 Å². The average Bonchev–Trinajstić information content (AvgIpc) is 3.27. The number of phenols is 1. The summed E-state index contributed by atoms with van der Waals surface area (Å²) in [6, 6.07) is 12.1. The summed E-state index contributed by atoms with van der Waals surface area (Å²) in [5.74, 6) is 0.205. The number of benzene rings is 3. The number of hydrogen-bond donors (Lipinski definition) is 2. The first-order valence-corrected chi connectivity index (χ1v) is 11.3. The SMILES string of the molecule is CCc1c(C)c(C(c2cn[nH]c2)c2c(O)ccc3ccccc23)c(C)c(CC)c1Br. The second-order valence-electron chi connectivity index (χ2n) is 7.83. The summed E-state index contributed by atoms with van der Waals surface area (Å²) >= 11 is 3.88. The van der Waals surface area contributed by atoms with Gasteiger partial charge in [-0.1, -0.05) is 60.1 Å². The molecule has 0 radical (unpaired) electrons. The van der Waals surface area contributed by atoms with Gasteiger partial charge in [-0.25, -0.2) is 0 Å². The smallest absolute Gasteiger partial charge is 0.120 e. The van der Waals surface area contributed by atoms with E-state index in [1.807, 2.05) is 36.7 Å². The average molecular weight is 463 g/mol. The lowest BCUT2D eigenvalue weighted by atomic mass is 9.77. The molecule has 0 bridgehead atoms. The van der Waals surface area contributed by atoms with Gasteiger partial charge in [0, 0.05) is 27.7 Å². The fraction of sp³-hybridized carbons (Fsp3) is 0.269. The van der Waals surface area contributed by atoms with Gasteiger partial charge in [-0.3, -0.25) is 5.10 Å². The van der Waals surface area contributed by atoms with Crippen molar-refractivity contribution in [3.05, 3.63) is 92.2 Å². The fourth-order valence-corrected chi connectivity index (χ4v) is 6.03. The zero-order valence-corrected chi connectivity index (χ0v) is 19.5. The second kappa shape index (κ2) is 8.27. The summed E-state index contributed by atoms with van der Waals surface area (Å²) in [7, 11) is 0. The number of nitrogens with one attached hydrogen (secondary N) is 1. The molecule has 0 saturated carbocycles. The number of fused-ring (bicyclic) bond motifs is 1. The molecule has 0 amide bonds. The van der Waals surface area contributed by atoms with E-state index in [0.29, 0.717) is 5.75 Å². The first-order valence-electron chi connectivity index (χ1n) is 10.5. The van der Waals surface area contributed by atoms with Gasteiger partial charge in [-0.2, -0.15) is 5.10 Å². The Hall–Kier alpha value is -2.59. The quantitative estimate of drug-likeness (QED) is 0.336. The summed E-state index contributed by atoms with van der Waals surface area (Å²) in [6.07, 6.45) is 5.73. The van der Waals surface area contributed by atoms with Crippen LogP contribution in [0.25, 0.3) is 10.8 Å². The Kier molecular flexibility index (Phi) is 5.70. The number of H-pyrrole nitrogens is 1. The topological polar surface area (TPSA) is 48.9 Å². The van der Waals surface area contributed by atoms with Crippen molar-refractivity contribution in [1.29, 1.82) is 0 Å². The Labute approximate surface area is 186 Å². The van der Waals surface area contributed by atoms with E-state index in [1.54, 1.807) is 0 Å². The van der Waals surface area contributed by atoms with Crippen molar-refractivity contribution < 1.29 is 5.11 Å². The summed E-state index contributed by atoms with van der Waals surface area (Å²) in [4.78, 5) is 0. The van der Waals surface area contributed by atoms with Crippen molar-refractivity contribution in [3.63, 3.8) is 0 Å². The minimum absolute atomic E-state index is 0.112. The van der Waals surface area contributed by atoms with E-state index < -0.39 is 0 Å². The molecule has 1 unspecified atom stereocenters. The number of rotatable bonds is 5. The van der Waals surface area contributed by atoms with Crippen molar-refractivity contribution in [2.45, 2.75) is 46.5 Å². The van der Waals surface area contributed by atoms with Gasteiger partial charge in [0.1, 0.15) is 5.75 Å². The van der Waals surface area contributed by atoms with Crippen LogP contribution in [0.4, 0.5) is 0 Å². The molecule has 0 aliphatic carbocycles. The summed E-state index contributed by atoms with van der Waals surface area (Å²) in [6.45, 7) is 8.82. The summed E-state index contributed by atoms with van der Waals surface area (Å²) < 4.78 is 1.22. The van der Waals surface area contributed by atoms with Crippen LogP contribution in [0.5, 0.6) is 5.75 Å². The second-order valence-corrected chi connectivity index (χ2v) is 8.62. The lowest BCUT2D eigenvalue weighted by Crippen LogP contribution is -2.12. The van der Waals surface area contributed by atoms with Crippen molar-refractivity contribution in [2.24, 2.45) is 0 Å². The Morgan fingerprint density at radius 1 is 0.967 bits per heavy atom. The van der Waals surface area contributed by atoms with Crippen LogP contribution in [0.2, 0.25) is 0 Å². The summed E-state index contributed by atoms with van der Waals surface area (Å²) in [5.41, 5.74) is 8.47. The van der Waals surface area contributed by atoms with Gasteiger partial charge in [0.05, 0.1) is 6.20 Å². The third-order valence-corrected chi connectivity index (χ3v) is 7.29. The highest BCUT2D eigenvalue weighted by molar-refractivity contribution is 9.10. The molecule has 1 aromatic heterocycles. The molecular weight excluding hydrogens is 436 g/mol. The third-order valence-electron chi connectivity index (χ3n) is 6.33. The normalized spacial score (nSPS) is 12.4. The first kappa shape index (κ1) is 20.7. The minimum Gasteiger partial charge on any atom is -0.508 e. The predicted molar refractivity (Wildman–Crippen MR) is 128 cm³/mol. The van der Waals surface area contributed by atoms with Gasteiger partial charge in [0.2, 0.25) is 0 Å². The highest BCUT2D eigenvalue weighted by atomic mass is 79.9. The molecule has 0 saturated heterocycles. The van der Waals surface area contributed by atoms with Gasteiger partial charge in [-0.05, 0) is 71.3 Å². The molecule has 0 spiro atoms. The Morgan fingerprint density at radius 2 is 1.63 bits per heavy atom. The molecular formula is C26H27BrN2O. The zero-order chi connectivity index (χ0) is 21.4. The van der Waals surface area contributed by atoms with Crippen molar-refractivity contribution >= 4 is 26.7 Å². The first-order chi connectivity index (χ1) is 14.5. The van der Waals surface area contributed by atoms with Gasteiger partial charge in [0.15, 0.2) is 0 Å². The standard InChI is InChI=1S/C26H27BrN2O/c1-5-19-15(3)23(16(4)20(6-2)26(19)27)24(18-13-28-29-14-18)25-21-10-8-7-9-17(21)11-12-22(25)30/h7-14,24,30H,5-6H2,1-4H3,(H,28,29). The highest BCUT2D eigenvalue weighted by Gasteiger charge is 2.29. The molecule has 1 heterocycles. The highest BCUT2D eigenvalue weighted by Crippen LogP contribution is 2.45. The molecule has 30 heavy (non-hydrogen) atoms. The van der Waals surface area contributed by atoms with Crippen LogP contribution in [0.15, 0.2) is 53.3 Å². The predicted octanol–water partition coefficient (Wildman–Crippen LogP) is 6.95. The lowest BCUT2D eigenvalue weighted by Gasteiger charge is -2.28. The van der Waals surface area contributed by atoms with Gasteiger partial charge in [0.25, 0.3) is 0 Å². The molecule has 4 heteroatoms. The maximum absolute atomic E-state index is 11.1. The van der Waals surface area contributed by atoms with E-state index in [0.717, 1.165) is 34.7 Å². The van der Waals surface area contributed by atoms with Crippen molar-refractivity contribution in [1.82, 2.24) is 10.2 Å². The van der Waals surface area contributed by atoms with E-state index in [4.69, 9.17) is 0 Å². The number of aromatic amines is 1. The monoisotopic (exact) mass is 462 g/mol. The van der Waals surface area contributed by atoms with E-state index in [9.17, 15) is 5.11 Å².